The lowest BCUT2D eigenvalue weighted by Crippen LogP contribution is -1.85. The summed E-state index contributed by atoms with van der Waals surface area (Å²) in [5, 5.41) is 0.423. The minimum atomic E-state index is -0.435. The molecule has 4 aromatic rings. The van der Waals surface area contributed by atoms with E-state index < -0.39 is 5.82 Å². The maximum absolute atomic E-state index is 15.0. The Bertz CT molecular complexity index is 1590. The van der Waals surface area contributed by atoms with Crippen molar-refractivity contribution in [3.8, 4) is 11.1 Å². The van der Waals surface area contributed by atoms with E-state index in [1.54, 1.807) is 18.2 Å². The van der Waals surface area contributed by atoms with Crippen LogP contribution < -0.4 is 0 Å². The van der Waals surface area contributed by atoms with Gasteiger partial charge in [-0.25, -0.2) is 14.4 Å². The Morgan fingerprint density at radius 1 is 0.688 bits per heavy atom. The Morgan fingerprint density at radius 2 is 1.44 bits per heavy atom. The second-order valence-corrected chi connectivity index (χ2v) is 7.98. The van der Waals surface area contributed by atoms with Gasteiger partial charge in [-0.2, -0.15) is 0 Å². The number of nitrogens with zero attached hydrogens (tertiary/aromatic N) is 2. The average molecular weight is 439 g/mol. The molecule has 0 spiro atoms. The molecule has 6 heteroatoms. The Balaban J connectivity index is 1.77. The summed E-state index contributed by atoms with van der Waals surface area (Å²) >= 11 is 6.65. The Labute approximate surface area is 187 Å². The lowest BCUT2D eigenvalue weighted by Gasteiger charge is -2.03. The number of hydrogen-bond donors (Lipinski definition) is 2. The molecule has 2 N–H and O–H groups in total. The first kappa shape index (κ1) is 18.8. The summed E-state index contributed by atoms with van der Waals surface area (Å²) in [5.74, 6) is -0.435. The van der Waals surface area contributed by atoms with Crippen LogP contribution in [0.25, 0.3) is 57.5 Å². The van der Waals surface area contributed by atoms with Gasteiger partial charge in [0.2, 0.25) is 0 Å². The van der Waals surface area contributed by atoms with Crippen LogP contribution in [0.15, 0.2) is 60.7 Å². The van der Waals surface area contributed by atoms with Crippen molar-refractivity contribution in [1.82, 2.24) is 19.9 Å². The molecule has 6 rings (SSSR count). The van der Waals surface area contributed by atoms with Gasteiger partial charge in [0.05, 0.1) is 33.1 Å². The summed E-state index contributed by atoms with van der Waals surface area (Å²) < 4.78 is 15.0. The van der Waals surface area contributed by atoms with Gasteiger partial charge in [-0.05, 0) is 60.2 Å². The number of aromatic nitrogens is 4. The van der Waals surface area contributed by atoms with Crippen LogP contribution in [-0.4, -0.2) is 19.9 Å². The number of halogens is 2. The van der Waals surface area contributed by atoms with Crippen LogP contribution in [0.4, 0.5) is 4.39 Å². The van der Waals surface area contributed by atoms with E-state index in [-0.39, 0.29) is 5.69 Å². The summed E-state index contributed by atoms with van der Waals surface area (Å²) in [6.07, 6.45) is 7.29. The molecule has 1 aromatic carbocycles. The predicted octanol–water partition coefficient (Wildman–Crippen LogP) is 7.12. The standard InChI is InChI=1S/C26H16ClFN4/c27-25-20-11-10-19(31-20)24(15-4-2-1-3-5-15)18-8-6-16(29-18)14-17-7-9-22(30-17)26(28)23-13-12-21(25)32-23/h1-14,30-31H. The third kappa shape index (κ3) is 3.15. The molecular weight excluding hydrogens is 423 g/mol. The molecule has 0 amide bonds. The van der Waals surface area contributed by atoms with Gasteiger partial charge in [0.15, 0.2) is 5.82 Å². The van der Waals surface area contributed by atoms with Gasteiger partial charge in [0, 0.05) is 16.6 Å². The molecular formula is C26H16ClFN4. The molecule has 0 aliphatic carbocycles. The smallest absolute Gasteiger partial charge is 0.172 e. The zero-order valence-corrected chi connectivity index (χ0v) is 17.5. The Kier molecular flexibility index (Phi) is 4.30. The minimum Gasteiger partial charge on any atom is -0.354 e. The molecule has 4 nitrogen and oxygen atoms in total. The number of aromatic amines is 2. The average Bonchev–Trinajstić information content (AvgIpc) is 3.61. The zero-order valence-electron chi connectivity index (χ0n) is 16.7. The fourth-order valence-electron chi connectivity index (χ4n) is 3.98. The monoisotopic (exact) mass is 438 g/mol. The molecule has 5 heterocycles. The topological polar surface area (TPSA) is 57.4 Å². The van der Waals surface area contributed by atoms with E-state index in [1.807, 2.05) is 54.6 Å². The first-order valence-corrected chi connectivity index (χ1v) is 10.5. The SMILES string of the molecule is Fc1c2nc(c(Cl)c3ccc([nH]3)c(-c3ccccc3)c3nc(cc4ccc1[nH]4)C=C3)C=C2. The largest absolute Gasteiger partial charge is 0.354 e. The van der Waals surface area contributed by atoms with Crippen molar-refractivity contribution in [2.24, 2.45) is 0 Å². The molecule has 0 radical (unpaired) electrons. The fourth-order valence-corrected chi connectivity index (χ4v) is 4.19. The second kappa shape index (κ2) is 7.32. The number of benzene rings is 1. The van der Waals surface area contributed by atoms with Crippen LogP contribution >= 0.6 is 11.6 Å². The van der Waals surface area contributed by atoms with E-state index in [0.717, 1.165) is 33.5 Å². The van der Waals surface area contributed by atoms with Crippen LogP contribution in [-0.2, 0) is 0 Å². The van der Waals surface area contributed by atoms with Crippen molar-refractivity contribution in [2.75, 3.05) is 0 Å². The molecule has 2 aliphatic heterocycles. The number of H-pyrrole nitrogens is 2. The van der Waals surface area contributed by atoms with Crippen LogP contribution in [0.3, 0.4) is 0 Å². The van der Waals surface area contributed by atoms with Crippen molar-refractivity contribution in [1.29, 1.82) is 0 Å². The van der Waals surface area contributed by atoms with Gasteiger partial charge in [0.25, 0.3) is 0 Å². The molecule has 0 saturated carbocycles. The Morgan fingerprint density at radius 3 is 2.31 bits per heavy atom. The zero-order chi connectivity index (χ0) is 21.7. The van der Waals surface area contributed by atoms with Crippen molar-refractivity contribution >= 4 is 58.0 Å². The molecule has 0 saturated heterocycles. The highest BCUT2D eigenvalue weighted by Crippen LogP contribution is 2.31. The highest BCUT2D eigenvalue weighted by molar-refractivity contribution is 6.35. The number of rotatable bonds is 1. The van der Waals surface area contributed by atoms with Crippen LogP contribution in [0.2, 0.25) is 5.02 Å². The third-order valence-electron chi connectivity index (χ3n) is 5.51. The molecule has 0 atom stereocenters. The number of nitrogens with one attached hydrogen (secondary N) is 2. The summed E-state index contributed by atoms with van der Waals surface area (Å²) in [6, 6.07) is 19.4. The first-order chi connectivity index (χ1) is 15.7. The van der Waals surface area contributed by atoms with Crippen molar-refractivity contribution in [2.45, 2.75) is 0 Å². The fraction of sp³-hybridized carbons (Fsp3) is 0. The van der Waals surface area contributed by atoms with Crippen molar-refractivity contribution in [3.63, 3.8) is 0 Å². The number of fused-ring (bicyclic) bond motifs is 8. The summed E-state index contributed by atoms with van der Waals surface area (Å²) in [7, 11) is 0. The van der Waals surface area contributed by atoms with E-state index in [2.05, 4.69) is 27.1 Å². The van der Waals surface area contributed by atoms with Crippen molar-refractivity contribution < 1.29 is 4.39 Å². The van der Waals surface area contributed by atoms with Gasteiger partial charge in [-0.3, -0.25) is 0 Å². The van der Waals surface area contributed by atoms with E-state index in [4.69, 9.17) is 16.6 Å². The summed E-state index contributed by atoms with van der Waals surface area (Å²) in [6.45, 7) is 0. The maximum Gasteiger partial charge on any atom is 0.172 e. The third-order valence-corrected chi connectivity index (χ3v) is 5.91. The lowest BCUT2D eigenvalue weighted by atomic mass is 10.0. The quantitative estimate of drug-likeness (QED) is 0.287. The molecule has 0 fully saturated rings. The summed E-state index contributed by atoms with van der Waals surface area (Å²) in [5.41, 5.74) is 7.05. The van der Waals surface area contributed by atoms with E-state index >= 15 is 4.39 Å². The van der Waals surface area contributed by atoms with E-state index in [9.17, 15) is 0 Å². The predicted molar refractivity (Wildman–Crippen MR) is 129 cm³/mol. The van der Waals surface area contributed by atoms with Gasteiger partial charge >= 0.3 is 0 Å². The normalized spacial score (nSPS) is 12.4. The van der Waals surface area contributed by atoms with Crippen LogP contribution in [0.1, 0.15) is 22.8 Å². The maximum atomic E-state index is 15.0. The minimum absolute atomic E-state index is 0.232. The lowest BCUT2D eigenvalue weighted by molar-refractivity contribution is 0.629. The van der Waals surface area contributed by atoms with Gasteiger partial charge < -0.3 is 9.97 Å². The molecule has 2 aliphatic rings. The molecule has 154 valence electrons. The van der Waals surface area contributed by atoms with Crippen LogP contribution in [0.5, 0.6) is 0 Å². The molecule has 8 bridgehead atoms. The second-order valence-electron chi connectivity index (χ2n) is 7.60. The molecule has 0 unspecified atom stereocenters. The highest BCUT2D eigenvalue weighted by atomic mass is 35.5. The highest BCUT2D eigenvalue weighted by Gasteiger charge is 2.13. The molecule has 3 aromatic heterocycles. The van der Waals surface area contributed by atoms with E-state index in [1.165, 1.54) is 0 Å². The van der Waals surface area contributed by atoms with Crippen LogP contribution in [0, 0.1) is 5.82 Å². The summed E-state index contributed by atoms with van der Waals surface area (Å²) in [4.78, 5) is 15.7. The van der Waals surface area contributed by atoms with Gasteiger partial charge in [0.1, 0.15) is 5.69 Å². The van der Waals surface area contributed by atoms with E-state index in [0.29, 0.717) is 21.7 Å². The first-order valence-electron chi connectivity index (χ1n) is 10.2. The number of hydrogen-bond acceptors (Lipinski definition) is 2. The Hall–Kier alpha value is -3.96. The van der Waals surface area contributed by atoms with Gasteiger partial charge in [-0.1, -0.05) is 41.9 Å². The van der Waals surface area contributed by atoms with Crippen molar-refractivity contribution in [3.05, 3.63) is 94.3 Å². The molecule has 32 heavy (non-hydrogen) atoms. The van der Waals surface area contributed by atoms with Gasteiger partial charge in [-0.15, -0.1) is 0 Å².